The Bertz CT molecular complexity index is 1860. The van der Waals surface area contributed by atoms with E-state index < -0.39 is 12.0 Å². The molecule has 0 N–H and O–H groups in total. The molecule has 1 unspecified atom stereocenters. The lowest BCUT2D eigenvalue weighted by molar-refractivity contribution is -0.143. The molecule has 5 rings (SSSR count). The van der Waals surface area contributed by atoms with E-state index in [0.717, 1.165) is 11.1 Å². The first kappa shape index (κ1) is 29.6. The largest absolute Gasteiger partial charge is 0.497 e. The lowest BCUT2D eigenvalue weighted by Gasteiger charge is -2.25. The number of benzene rings is 3. The molecule has 0 saturated carbocycles. The second kappa shape index (κ2) is 12.6. The number of halogens is 2. The standard InChI is InChI=1S/C32H28Cl2N2O5S/c1-18(2)41-31(38)28-19(3)35-32-36(29(28)21-8-11-25(39-4)12-9-21)30(37)27(42-32)16-22-15-24(34)10-13-26(22)40-17-20-6-5-7-23(33)14-20/h5-16,18,29H,17H2,1-4H3/b27-16-. The molecule has 216 valence electrons. The summed E-state index contributed by atoms with van der Waals surface area (Å²) < 4.78 is 18.9. The van der Waals surface area contributed by atoms with Gasteiger partial charge in [-0.1, -0.05) is 58.8 Å². The topological polar surface area (TPSA) is 79.1 Å². The molecule has 0 fully saturated rings. The second-order valence-corrected chi connectivity index (χ2v) is 11.8. The number of ether oxygens (including phenoxy) is 3. The zero-order valence-electron chi connectivity index (χ0n) is 23.4. The minimum Gasteiger partial charge on any atom is -0.497 e. The number of hydrogen-bond acceptors (Lipinski definition) is 7. The van der Waals surface area contributed by atoms with Crippen LogP contribution in [0.25, 0.3) is 6.08 Å². The maximum Gasteiger partial charge on any atom is 0.338 e. The predicted octanol–water partition coefficient (Wildman–Crippen LogP) is 6.08. The molecule has 1 aliphatic heterocycles. The molecule has 1 aromatic heterocycles. The van der Waals surface area contributed by atoms with Crippen molar-refractivity contribution in [1.82, 2.24) is 4.57 Å². The van der Waals surface area contributed by atoms with Crippen molar-refractivity contribution < 1.29 is 19.0 Å². The average molecular weight is 624 g/mol. The Morgan fingerprint density at radius 2 is 1.81 bits per heavy atom. The van der Waals surface area contributed by atoms with Crippen molar-refractivity contribution in [3.05, 3.63) is 124 Å². The smallest absolute Gasteiger partial charge is 0.338 e. The first-order valence-electron chi connectivity index (χ1n) is 13.2. The molecular formula is C32H28Cl2N2O5S. The number of carbonyl (C=O) groups excluding carboxylic acids is 1. The molecule has 4 aromatic rings. The highest BCUT2D eigenvalue weighted by molar-refractivity contribution is 7.07. The van der Waals surface area contributed by atoms with Gasteiger partial charge in [0.05, 0.1) is 35.1 Å². The number of rotatable bonds is 8. The second-order valence-electron chi connectivity index (χ2n) is 9.91. The lowest BCUT2D eigenvalue weighted by Crippen LogP contribution is -2.40. The monoisotopic (exact) mass is 622 g/mol. The van der Waals surface area contributed by atoms with Crippen LogP contribution in [0.1, 0.15) is 43.5 Å². The van der Waals surface area contributed by atoms with Gasteiger partial charge in [-0.2, -0.15) is 0 Å². The lowest BCUT2D eigenvalue weighted by atomic mass is 9.96. The highest BCUT2D eigenvalue weighted by Crippen LogP contribution is 2.32. The number of hydrogen-bond donors (Lipinski definition) is 0. The molecule has 1 atom stereocenters. The molecule has 0 spiro atoms. The van der Waals surface area contributed by atoms with Gasteiger partial charge in [0.15, 0.2) is 4.80 Å². The van der Waals surface area contributed by atoms with E-state index in [9.17, 15) is 9.59 Å². The van der Waals surface area contributed by atoms with Gasteiger partial charge >= 0.3 is 5.97 Å². The van der Waals surface area contributed by atoms with Crippen LogP contribution in [0.5, 0.6) is 11.5 Å². The Morgan fingerprint density at radius 1 is 1.07 bits per heavy atom. The van der Waals surface area contributed by atoms with E-state index in [2.05, 4.69) is 4.99 Å². The predicted molar refractivity (Wildman–Crippen MR) is 165 cm³/mol. The molecule has 0 aliphatic carbocycles. The van der Waals surface area contributed by atoms with Crippen LogP contribution in [0.3, 0.4) is 0 Å². The zero-order chi connectivity index (χ0) is 30.0. The van der Waals surface area contributed by atoms with E-state index in [1.807, 2.05) is 30.3 Å². The zero-order valence-corrected chi connectivity index (χ0v) is 25.7. The Labute approximate surface area is 256 Å². The highest BCUT2D eigenvalue weighted by atomic mass is 35.5. The van der Waals surface area contributed by atoms with Gasteiger partial charge in [-0.3, -0.25) is 9.36 Å². The average Bonchev–Trinajstić information content (AvgIpc) is 3.25. The van der Waals surface area contributed by atoms with Gasteiger partial charge in [0, 0.05) is 15.6 Å². The molecule has 42 heavy (non-hydrogen) atoms. The third kappa shape index (κ3) is 6.31. The van der Waals surface area contributed by atoms with E-state index in [1.54, 1.807) is 74.9 Å². The van der Waals surface area contributed by atoms with E-state index in [4.69, 9.17) is 37.4 Å². The van der Waals surface area contributed by atoms with Gasteiger partial charge < -0.3 is 14.2 Å². The first-order valence-corrected chi connectivity index (χ1v) is 14.8. The number of nitrogens with zero attached hydrogens (tertiary/aromatic N) is 2. The number of aromatic nitrogens is 1. The summed E-state index contributed by atoms with van der Waals surface area (Å²) in [4.78, 5) is 32.5. The van der Waals surface area contributed by atoms with Crippen LogP contribution < -0.4 is 24.4 Å². The number of esters is 1. The summed E-state index contributed by atoms with van der Waals surface area (Å²) in [5.74, 6) is 0.687. The van der Waals surface area contributed by atoms with Crippen molar-refractivity contribution in [3.63, 3.8) is 0 Å². The summed E-state index contributed by atoms with van der Waals surface area (Å²) in [6.45, 7) is 5.59. The highest BCUT2D eigenvalue weighted by Gasteiger charge is 2.33. The number of allylic oxidation sites excluding steroid dienone is 1. The van der Waals surface area contributed by atoms with E-state index >= 15 is 0 Å². The van der Waals surface area contributed by atoms with E-state index in [-0.39, 0.29) is 18.3 Å². The Hall–Kier alpha value is -3.85. The van der Waals surface area contributed by atoms with Crippen molar-refractivity contribution in [1.29, 1.82) is 0 Å². The molecule has 1 aliphatic rings. The Morgan fingerprint density at radius 3 is 2.50 bits per heavy atom. The first-order chi connectivity index (χ1) is 20.1. The Balaban J connectivity index is 1.62. The molecule has 0 saturated heterocycles. The van der Waals surface area contributed by atoms with Crippen LogP contribution in [0.2, 0.25) is 10.0 Å². The van der Waals surface area contributed by atoms with Gasteiger partial charge in [0.1, 0.15) is 18.1 Å². The number of methoxy groups -OCH3 is 1. The van der Waals surface area contributed by atoms with Crippen molar-refractivity contribution >= 4 is 46.6 Å². The summed E-state index contributed by atoms with van der Waals surface area (Å²) in [7, 11) is 1.58. The SMILES string of the molecule is COc1ccc(C2C(C(=O)OC(C)C)=C(C)N=c3s/c(=C\c4cc(Cl)ccc4OCc4cccc(Cl)c4)c(=O)n32)cc1. The molecule has 2 heterocycles. The molecular weight excluding hydrogens is 595 g/mol. The fourth-order valence-electron chi connectivity index (χ4n) is 4.65. The van der Waals surface area contributed by atoms with Gasteiger partial charge in [-0.25, -0.2) is 9.79 Å². The summed E-state index contributed by atoms with van der Waals surface area (Å²) in [5, 5.41) is 1.11. The summed E-state index contributed by atoms with van der Waals surface area (Å²) in [6, 6.07) is 19.2. The third-order valence-electron chi connectivity index (χ3n) is 6.56. The summed E-state index contributed by atoms with van der Waals surface area (Å²) >= 11 is 13.7. The molecule has 0 bridgehead atoms. The quantitative estimate of drug-likeness (QED) is 0.223. The molecule has 0 amide bonds. The fourth-order valence-corrected chi connectivity index (χ4v) is 6.09. The van der Waals surface area contributed by atoms with Crippen LogP contribution in [0, 0.1) is 0 Å². The molecule has 3 aromatic carbocycles. The van der Waals surface area contributed by atoms with Crippen LogP contribution in [-0.2, 0) is 16.1 Å². The fraction of sp³-hybridized carbons (Fsp3) is 0.219. The number of carbonyl (C=O) groups is 1. The van der Waals surface area contributed by atoms with Crippen molar-refractivity contribution in [2.75, 3.05) is 7.11 Å². The van der Waals surface area contributed by atoms with Gasteiger partial charge in [-0.15, -0.1) is 0 Å². The van der Waals surface area contributed by atoms with E-state index in [1.165, 1.54) is 11.3 Å². The van der Waals surface area contributed by atoms with Crippen molar-refractivity contribution in [2.45, 2.75) is 39.5 Å². The van der Waals surface area contributed by atoms with Gasteiger partial charge in [-0.05, 0) is 80.4 Å². The Kier molecular flexibility index (Phi) is 8.87. The minimum atomic E-state index is -0.738. The molecule has 10 heteroatoms. The summed E-state index contributed by atoms with van der Waals surface area (Å²) in [5.41, 5.74) is 2.75. The van der Waals surface area contributed by atoms with Gasteiger partial charge in [0.25, 0.3) is 5.56 Å². The number of thiazole rings is 1. The van der Waals surface area contributed by atoms with Crippen LogP contribution >= 0.6 is 34.5 Å². The van der Waals surface area contributed by atoms with Crippen molar-refractivity contribution in [3.8, 4) is 11.5 Å². The minimum absolute atomic E-state index is 0.280. The van der Waals surface area contributed by atoms with Crippen LogP contribution in [-0.4, -0.2) is 23.8 Å². The third-order valence-corrected chi connectivity index (χ3v) is 8.01. The maximum absolute atomic E-state index is 14.0. The van der Waals surface area contributed by atoms with Crippen LogP contribution in [0.15, 0.2) is 87.8 Å². The normalized spacial score (nSPS) is 14.9. The summed E-state index contributed by atoms with van der Waals surface area (Å²) in [6.07, 6.45) is 1.39. The van der Waals surface area contributed by atoms with Gasteiger partial charge in [0.2, 0.25) is 0 Å². The van der Waals surface area contributed by atoms with Crippen LogP contribution in [0.4, 0.5) is 0 Å². The van der Waals surface area contributed by atoms with E-state index in [0.29, 0.717) is 47.7 Å². The molecule has 0 radical (unpaired) electrons. The maximum atomic E-state index is 14.0. The number of fused-ring (bicyclic) bond motifs is 1. The van der Waals surface area contributed by atoms with Crippen molar-refractivity contribution in [2.24, 2.45) is 4.99 Å². The molecule has 7 nitrogen and oxygen atoms in total.